The summed E-state index contributed by atoms with van der Waals surface area (Å²) in [7, 11) is 0. The molecular weight excluding hydrogens is 418 g/mol. The molecule has 1 heterocycles. The van der Waals surface area contributed by atoms with Gasteiger partial charge in [-0.1, -0.05) is 42.0 Å². The molecule has 31 heavy (non-hydrogen) atoms. The quantitative estimate of drug-likeness (QED) is 0.401. The SMILES string of the molecule is Cc1ccc(C=C2SC(=O)N(CCNC(=O)C=Cc3cccc([N+](=O)[O-])c3)C2=O)cc1. The molecule has 0 unspecified atom stereocenters. The third-order valence-corrected chi connectivity index (χ3v) is 5.30. The molecule has 3 rings (SSSR count). The summed E-state index contributed by atoms with van der Waals surface area (Å²) in [6.07, 6.45) is 4.36. The highest BCUT2D eigenvalue weighted by atomic mass is 32.2. The highest BCUT2D eigenvalue weighted by molar-refractivity contribution is 8.18. The van der Waals surface area contributed by atoms with Gasteiger partial charge >= 0.3 is 0 Å². The fourth-order valence-electron chi connectivity index (χ4n) is 2.77. The van der Waals surface area contributed by atoms with Crippen LogP contribution in [0.1, 0.15) is 16.7 Å². The van der Waals surface area contributed by atoms with Crippen molar-refractivity contribution < 1.29 is 19.3 Å². The van der Waals surface area contributed by atoms with E-state index in [1.807, 2.05) is 31.2 Å². The van der Waals surface area contributed by atoms with E-state index >= 15 is 0 Å². The highest BCUT2D eigenvalue weighted by Gasteiger charge is 2.34. The largest absolute Gasteiger partial charge is 0.351 e. The van der Waals surface area contributed by atoms with Crippen LogP contribution in [-0.2, 0) is 9.59 Å². The molecule has 9 heteroatoms. The molecule has 1 N–H and O–H groups in total. The van der Waals surface area contributed by atoms with E-state index in [2.05, 4.69) is 5.32 Å². The van der Waals surface area contributed by atoms with E-state index in [1.54, 1.807) is 12.1 Å². The number of rotatable bonds is 7. The van der Waals surface area contributed by atoms with Gasteiger partial charge < -0.3 is 5.32 Å². The van der Waals surface area contributed by atoms with Crippen LogP contribution in [-0.4, -0.2) is 40.0 Å². The van der Waals surface area contributed by atoms with Gasteiger partial charge in [0.25, 0.3) is 16.8 Å². The van der Waals surface area contributed by atoms with Gasteiger partial charge in [-0.3, -0.25) is 29.4 Å². The Morgan fingerprint density at radius 1 is 1.16 bits per heavy atom. The van der Waals surface area contributed by atoms with E-state index in [4.69, 9.17) is 0 Å². The van der Waals surface area contributed by atoms with E-state index in [9.17, 15) is 24.5 Å². The second-order valence-electron chi connectivity index (χ2n) is 6.72. The van der Waals surface area contributed by atoms with Gasteiger partial charge in [-0.25, -0.2) is 0 Å². The number of nitrogens with zero attached hydrogens (tertiary/aromatic N) is 2. The van der Waals surface area contributed by atoms with Crippen molar-refractivity contribution in [3.63, 3.8) is 0 Å². The monoisotopic (exact) mass is 437 g/mol. The van der Waals surface area contributed by atoms with Crippen molar-refractivity contribution in [1.29, 1.82) is 0 Å². The molecule has 1 aliphatic heterocycles. The molecule has 2 aromatic carbocycles. The third-order valence-electron chi connectivity index (χ3n) is 4.39. The van der Waals surface area contributed by atoms with Crippen LogP contribution < -0.4 is 5.32 Å². The normalized spacial score (nSPS) is 15.1. The van der Waals surface area contributed by atoms with Crippen molar-refractivity contribution in [2.75, 3.05) is 13.1 Å². The number of amides is 3. The van der Waals surface area contributed by atoms with E-state index in [1.165, 1.54) is 30.4 Å². The van der Waals surface area contributed by atoms with Gasteiger partial charge in [0.2, 0.25) is 5.91 Å². The lowest BCUT2D eigenvalue weighted by atomic mass is 10.1. The zero-order valence-corrected chi connectivity index (χ0v) is 17.4. The molecule has 0 aliphatic carbocycles. The molecule has 1 aliphatic rings. The Labute approximate surface area is 182 Å². The fraction of sp³-hybridized carbons (Fsp3) is 0.136. The summed E-state index contributed by atoms with van der Waals surface area (Å²) in [5.41, 5.74) is 2.37. The van der Waals surface area contributed by atoms with E-state index in [0.29, 0.717) is 10.5 Å². The smallest absolute Gasteiger partial charge is 0.293 e. The van der Waals surface area contributed by atoms with Crippen molar-refractivity contribution in [3.05, 3.63) is 86.3 Å². The second kappa shape index (κ2) is 9.86. The van der Waals surface area contributed by atoms with Gasteiger partial charge in [0, 0.05) is 31.3 Å². The number of thioether (sulfide) groups is 1. The van der Waals surface area contributed by atoms with E-state index < -0.39 is 16.7 Å². The van der Waals surface area contributed by atoms with Crippen LogP contribution in [0.4, 0.5) is 10.5 Å². The summed E-state index contributed by atoms with van der Waals surface area (Å²) < 4.78 is 0. The number of carbonyl (C=O) groups excluding carboxylic acids is 3. The van der Waals surface area contributed by atoms with Crippen LogP contribution in [0.5, 0.6) is 0 Å². The second-order valence-corrected chi connectivity index (χ2v) is 7.71. The summed E-state index contributed by atoms with van der Waals surface area (Å²) in [5.74, 6) is -0.828. The van der Waals surface area contributed by atoms with E-state index in [-0.39, 0.29) is 24.0 Å². The number of non-ortho nitro benzene ring substituents is 1. The molecule has 0 atom stereocenters. The lowest BCUT2D eigenvalue weighted by Crippen LogP contribution is -2.36. The van der Waals surface area contributed by atoms with Crippen LogP contribution in [0.2, 0.25) is 0 Å². The van der Waals surface area contributed by atoms with Crippen LogP contribution in [0.25, 0.3) is 12.2 Å². The molecule has 0 radical (unpaired) electrons. The van der Waals surface area contributed by atoms with Gasteiger partial charge in [0.05, 0.1) is 9.83 Å². The standard InChI is InChI=1S/C22H19N3O5S/c1-15-5-7-17(8-6-15)14-19-21(27)24(22(28)31-19)12-11-23-20(26)10-9-16-3-2-4-18(13-16)25(29)30/h2-10,13-14H,11-12H2,1H3,(H,23,26). The van der Waals surface area contributed by atoms with Crippen LogP contribution >= 0.6 is 11.8 Å². The number of hydrogen-bond acceptors (Lipinski definition) is 6. The van der Waals surface area contributed by atoms with Gasteiger partial charge in [-0.15, -0.1) is 0 Å². The number of nitrogens with one attached hydrogen (secondary N) is 1. The zero-order valence-electron chi connectivity index (χ0n) is 16.6. The maximum Gasteiger partial charge on any atom is 0.293 e. The molecule has 0 aromatic heterocycles. The number of imide groups is 1. The predicted molar refractivity (Wildman–Crippen MR) is 119 cm³/mol. The molecule has 1 fully saturated rings. The Bertz CT molecular complexity index is 1090. The molecule has 8 nitrogen and oxygen atoms in total. The average Bonchev–Trinajstić information content (AvgIpc) is 3.01. The first kappa shape index (κ1) is 22.0. The van der Waals surface area contributed by atoms with Crippen molar-refractivity contribution >= 4 is 46.7 Å². The number of nitro groups is 1. The Kier molecular flexibility index (Phi) is 6.99. The van der Waals surface area contributed by atoms with Gasteiger partial charge in [0.15, 0.2) is 0 Å². The summed E-state index contributed by atoms with van der Waals surface area (Å²) in [4.78, 5) is 48.3. The summed E-state index contributed by atoms with van der Waals surface area (Å²) in [5, 5.41) is 13.0. The number of carbonyl (C=O) groups is 3. The maximum absolute atomic E-state index is 12.5. The molecule has 158 valence electrons. The first-order chi connectivity index (χ1) is 14.8. The summed E-state index contributed by atoms with van der Waals surface area (Å²) >= 11 is 0.868. The Morgan fingerprint density at radius 2 is 1.90 bits per heavy atom. The Balaban J connectivity index is 1.53. The maximum atomic E-state index is 12.5. The van der Waals surface area contributed by atoms with Gasteiger partial charge in [0.1, 0.15) is 0 Å². The van der Waals surface area contributed by atoms with Gasteiger partial charge in [-0.2, -0.15) is 0 Å². The molecule has 1 saturated heterocycles. The molecular formula is C22H19N3O5S. The summed E-state index contributed by atoms with van der Waals surface area (Å²) in [6.45, 7) is 2.10. The molecule has 3 amide bonds. The third kappa shape index (κ3) is 5.89. The zero-order chi connectivity index (χ0) is 22.4. The fourth-order valence-corrected chi connectivity index (χ4v) is 3.64. The Hall–Kier alpha value is -3.72. The van der Waals surface area contributed by atoms with Gasteiger partial charge in [-0.05, 0) is 42.0 Å². The van der Waals surface area contributed by atoms with Crippen molar-refractivity contribution in [2.45, 2.75) is 6.92 Å². The topological polar surface area (TPSA) is 110 Å². The number of hydrogen-bond donors (Lipinski definition) is 1. The van der Waals surface area contributed by atoms with Crippen LogP contribution in [0, 0.1) is 17.0 Å². The summed E-state index contributed by atoms with van der Waals surface area (Å²) in [6, 6.07) is 13.5. The van der Waals surface area contributed by atoms with Crippen molar-refractivity contribution in [3.8, 4) is 0 Å². The first-order valence-corrected chi connectivity index (χ1v) is 10.2. The van der Waals surface area contributed by atoms with Crippen LogP contribution in [0.15, 0.2) is 59.5 Å². The number of nitro benzene ring substituents is 1. The lowest BCUT2D eigenvalue weighted by molar-refractivity contribution is -0.384. The Morgan fingerprint density at radius 3 is 2.61 bits per heavy atom. The van der Waals surface area contributed by atoms with E-state index in [0.717, 1.165) is 27.8 Å². The minimum absolute atomic E-state index is 0.0479. The molecule has 0 saturated carbocycles. The molecule has 0 bridgehead atoms. The number of benzene rings is 2. The first-order valence-electron chi connectivity index (χ1n) is 9.36. The minimum Gasteiger partial charge on any atom is -0.351 e. The van der Waals surface area contributed by atoms with Crippen molar-refractivity contribution in [2.24, 2.45) is 0 Å². The minimum atomic E-state index is -0.513. The average molecular weight is 437 g/mol. The molecule has 0 spiro atoms. The number of aryl methyl sites for hydroxylation is 1. The lowest BCUT2D eigenvalue weighted by Gasteiger charge is -2.12. The predicted octanol–water partition coefficient (Wildman–Crippen LogP) is 3.77. The highest BCUT2D eigenvalue weighted by Crippen LogP contribution is 2.31. The van der Waals surface area contributed by atoms with Crippen LogP contribution in [0.3, 0.4) is 0 Å². The molecule has 2 aromatic rings. The van der Waals surface area contributed by atoms with Crippen molar-refractivity contribution in [1.82, 2.24) is 10.2 Å².